The second kappa shape index (κ2) is 7.88. The number of amides is 1. The highest BCUT2D eigenvalue weighted by atomic mass is 35.5. The summed E-state index contributed by atoms with van der Waals surface area (Å²) < 4.78 is 10.9. The largest absolute Gasteiger partial charge is 0.372 e. The topological polar surface area (TPSA) is 94.0 Å². The normalized spacial score (nSPS) is 20.8. The molecule has 0 unspecified atom stereocenters. The van der Waals surface area contributed by atoms with Crippen molar-refractivity contribution in [2.75, 3.05) is 13.1 Å². The van der Waals surface area contributed by atoms with Crippen molar-refractivity contribution in [3.8, 4) is 11.3 Å². The van der Waals surface area contributed by atoms with Crippen molar-refractivity contribution in [1.82, 2.24) is 10.1 Å². The van der Waals surface area contributed by atoms with Crippen molar-refractivity contribution in [3.05, 3.63) is 39.6 Å². The van der Waals surface area contributed by atoms with Gasteiger partial charge in [0.25, 0.3) is 5.91 Å². The van der Waals surface area contributed by atoms with E-state index in [1.807, 2.05) is 18.7 Å². The van der Waals surface area contributed by atoms with Gasteiger partial charge in [0.1, 0.15) is 17.0 Å². The third-order valence-corrected chi connectivity index (χ3v) is 4.87. The molecule has 0 saturated carbocycles. The highest BCUT2D eigenvalue weighted by Crippen LogP contribution is 2.37. The number of aryl methyl sites for hydroxylation is 1. The van der Waals surface area contributed by atoms with Gasteiger partial charge < -0.3 is 19.9 Å². The minimum absolute atomic E-state index is 0.00702. The van der Waals surface area contributed by atoms with Crippen LogP contribution in [-0.4, -0.2) is 47.2 Å². The van der Waals surface area contributed by atoms with Crippen LogP contribution in [0.1, 0.15) is 30.0 Å². The smallest absolute Gasteiger partial charge is 0.286 e. The van der Waals surface area contributed by atoms with Crippen LogP contribution in [0.15, 0.2) is 27.7 Å². The number of nitrogens with two attached hydrogens (primary N) is 1. The summed E-state index contributed by atoms with van der Waals surface area (Å²) in [5.41, 5.74) is 6.92. The molecule has 144 valence electrons. The molecule has 2 aromatic rings. The maximum atomic E-state index is 12.8. The van der Waals surface area contributed by atoms with Gasteiger partial charge in [-0.25, -0.2) is 0 Å². The monoisotopic (exact) mass is 410 g/mol. The Kier molecular flexibility index (Phi) is 5.74. The number of rotatable bonds is 2. The van der Waals surface area contributed by atoms with E-state index in [2.05, 4.69) is 10.1 Å². The van der Waals surface area contributed by atoms with Crippen LogP contribution in [0.2, 0.25) is 10.0 Å². The van der Waals surface area contributed by atoms with E-state index in [-0.39, 0.29) is 29.4 Å². The molecule has 2 heterocycles. The first-order chi connectivity index (χ1) is 12.8. The molecule has 2 atom stereocenters. The van der Waals surface area contributed by atoms with Crippen molar-refractivity contribution in [2.24, 2.45) is 10.7 Å². The van der Waals surface area contributed by atoms with Gasteiger partial charge in [0.15, 0.2) is 5.96 Å². The van der Waals surface area contributed by atoms with E-state index in [4.69, 9.17) is 38.2 Å². The number of halogens is 2. The van der Waals surface area contributed by atoms with E-state index in [0.29, 0.717) is 34.5 Å². The van der Waals surface area contributed by atoms with Gasteiger partial charge in [0.05, 0.1) is 22.3 Å². The fraction of sp³-hybridized carbons (Fsp3) is 0.389. The van der Waals surface area contributed by atoms with Crippen LogP contribution in [0.25, 0.3) is 11.3 Å². The average Bonchev–Trinajstić information content (AvgIpc) is 2.95. The number of nitrogens with zero attached hydrogens (tertiary/aromatic N) is 3. The van der Waals surface area contributed by atoms with Gasteiger partial charge in [0.2, 0.25) is 0 Å². The molecule has 27 heavy (non-hydrogen) atoms. The van der Waals surface area contributed by atoms with Crippen LogP contribution in [0, 0.1) is 6.92 Å². The first kappa shape index (κ1) is 19.7. The predicted molar refractivity (Wildman–Crippen MR) is 104 cm³/mol. The number of carbonyl (C=O) groups excluding carboxylic acids is 1. The van der Waals surface area contributed by atoms with Gasteiger partial charge in [-0.15, -0.1) is 0 Å². The molecular formula is C18H20Cl2N4O3. The minimum Gasteiger partial charge on any atom is -0.372 e. The van der Waals surface area contributed by atoms with Crippen LogP contribution in [0.5, 0.6) is 0 Å². The zero-order chi connectivity index (χ0) is 19.7. The molecule has 1 aliphatic heterocycles. The maximum Gasteiger partial charge on any atom is 0.286 e. The summed E-state index contributed by atoms with van der Waals surface area (Å²) in [5, 5.41) is 4.68. The Morgan fingerprint density at radius 3 is 2.44 bits per heavy atom. The lowest BCUT2D eigenvalue weighted by Gasteiger charge is -2.35. The quantitative estimate of drug-likeness (QED) is 0.600. The number of hydrogen-bond donors (Lipinski definition) is 1. The summed E-state index contributed by atoms with van der Waals surface area (Å²) in [6.45, 7) is 6.62. The lowest BCUT2D eigenvalue weighted by atomic mass is 10.1. The minimum atomic E-state index is -0.566. The molecule has 2 N–H and O–H groups in total. The fourth-order valence-electron chi connectivity index (χ4n) is 3.11. The highest BCUT2D eigenvalue weighted by Gasteiger charge is 2.27. The van der Waals surface area contributed by atoms with E-state index >= 15 is 0 Å². The summed E-state index contributed by atoms with van der Waals surface area (Å²) in [6, 6.07) is 5.03. The van der Waals surface area contributed by atoms with Crippen molar-refractivity contribution in [2.45, 2.75) is 33.0 Å². The number of morpholine rings is 1. The third kappa shape index (κ3) is 4.10. The van der Waals surface area contributed by atoms with Gasteiger partial charge in [-0.1, -0.05) is 34.4 Å². The molecule has 0 bridgehead atoms. The van der Waals surface area contributed by atoms with E-state index in [1.54, 1.807) is 25.1 Å². The molecule has 1 saturated heterocycles. The van der Waals surface area contributed by atoms with Crippen molar-refractivity contribution in [1.29, 1.82) is 0 Å². The molecule has 0 aliphatic carbocycles. The Bertz CT molecular complexity index is 866. The first-order valence-electron chi connectivity index (χ1n) is 8.47. The zero-order valence-corrected chi connectivity index (χ0v) is 16.7. The van der Waals surface area contributed by atoms with E-state index < -0.39 is 5.91 Å². The number of aliphatic imine (C=N–C) groups is 1. The van der Waals surface area contributed by atoms with Crippen molar-refractivity contribution < 1.29 is 14.1 Å². The molecule has 1 amide bonds. The van der Waals surface area contributed by atoms with Gasteiger partial charge in [-0.3, -0.25) is 4.79 Å². The van der Waals surface area contributed by atoms with Crippen LogP contribution in [0.3, 0.4) is 0 Å². The number of ether oxygens (including phenoxy) is 1. The lowest BCUT2D eigenvalue weighted by molar-refractivity contribution is -0.0483. The summed E-state index contributed by atoms with van der Waals surface area (Å²) >= 11 is 12.5. The molecule has 0 radical (unpaired) electrons. The molecule has 1 aliphatic rings. The lowest BCUT2D eigenvalue weighted by Crippen LogP contribution is -2.51. The first-order valence-corrected chi connectivity index (χ1v) is 9.23. The second-order valence-corrected chi connectivity index (χ2v) is 7.31. The molecule has 1 aromatic heterocycles. The van der Waals surface area contributed by atoms with Gasteiger partial charge >= 0.3 is 0 Å². The second-order valence-electron chi connectivity index (χ2n) is 6.50. The SMILES string of the molecule is Cc1onc(-c2c(Cl)cccc2Cl)c1C(=O)N=C(N)N1C[C@@H](C)O[C@H](C)C1. The number of carbonyl (C=O) groups is 1. The van der Waals surface area contributed by atoms with Crippen molar-refractivity contribution >= 4 is 35.1 Å². The molecule has 0 spiro atoms. The van der Waals surface area contributed by atoms with E-state index in [0.717, 1.165) is 0 Å². The standard InChI is InChI=1S/C18H20Cl2N4O3/c1-9-7-24(8-10(2)26-9)18(21)22-17(25)14-11(3)27-23-16(14)15-12(19)5-4-6-13(15)20/h4-6,9-10H,7-8H2,1-3H3,(H2,21,22,25)/t9-,10-/m1/s1. The van der Waals surface area contributed by atoms with Gasteiger partial charge in [-0.05, 0) is 32.9 Å². The molecule has 1 fully saturated rings. The Morgan fingerprint density at radius 2 is 1.85 bits per heavy atom. The number of guanidine groups is 1. The summed E-state index contributed by atoms with van der Waals surface area (Å²) in [5.74, 6) is -0.130. The van der Waals surface area contributed by atoms with Crippen LogP contribution >= 0.6 is 23.2 Å². The Hall–Kier alpha value is -2.09. The van der Waals surface area contributed by atoms with Crippen LogP contribution < -0.4 is 5.73 Å². The number of benzene rings is 1. The molecule has 1 aromatic carbocycles. The Balaban J connectivity index is 1.95. The van der Waals surface area contributed by atoms with Gasteiger partial charge in [-0.2, -0.15) is 4.99 Å². The Labute approximate surface area is 167 Å². The summed E-state index contributed by atoms with van der Waals surface area (Å²) in [7, 11) is 0. The maximum absolute atomic E-state index is 12.8. The highest BCUT2D eigenvalue weighted by molar-refractivity contribution is 6.39. The van der Waals surface area contributed by atoms with Gasteiger partial charge in [0, 0.05) is 18.7 Å². The Morgan fingerprint density at radius 1 is 1.26 bits per heavy atom. The third-order valence-electron chi connectivity index (χ3n) is 4.24. The summed E-state index contributed by atoms with van der Waals surface area (Å²) in [6.07, 6.45) is -0.0140. The van der Waals surface area contributed by atoms with E-state index in [9.17, 15) is 4.79 Å². The predicted octanol–water partition coefficient (Wildman–Crippen LogP) is 3.52. The van der Waals surface area contributed by atoms with E-state index in [1.165, 1.54) is 0 Å². The summed E-state index contributed by atoms with van der Waals surface area (Å²) in [4.78, 5) is 18.7. The number of aromatic nitrogens is 1. The van der Waals surface area contributed by atoms with Crippen molar-refractivity contribution in [3.63, 3.8) is 0 Å². The molecule has 9 heteroatoms. The molecule has 3 rings (SSSR count). The zero-order valence-electron chi connectivity index (χ0n) is 15.2. The van der Waals surface area contributed by atoms with Crippen LogP contribution in [0.4, 0.5) is 0 Å². The fourth-order valence-corrected chi connectivity index (χ4v) is 3.69. The number of hydrogen-bond acceptors (Lipinski definition) is 4. The van der Waals surface area contributed by atoms with Crippen LogP contribution in [-0.2, 0) is 4.74 Å². The molecular weight excluding hydrogens is 391 g/mol. The molecule has 7 nitrogen and oxygen atoms in total. The average molecular weight is 411 g/mol.